The van der Waals surface area contributed by atoms with Crippen molar-refractivity contribution in [1.29, 1.82) is 0 Å². The molecule has 0 fully saturated rings. The topological polar surface area (TPSA) is 55.6 Å². The van der Waals surface area contributed by atoms with E-state index in [0.717, 1.165) is 6.42 Å². The molecule has 2 N–H and O–H groups in total. The van der Waals surface area contributed by atoms with Crippen molar-refractivity contribution in [3.63, 3.8) is 0 Å². The van der Waals surface area contributed by atoms with E-state index in [2.05, 4.69) is 26.0 Å². The predicted molar refractivity (Wildman–Crippen MR) is 86.1 cm³/mol. The van der Waals surface area contributed by atoms with E-state index in [1.165, 1.54) is 5.56 Å². The van der Waals surface area contributed by atoms with Gasteiger partial charge in [-0.3, -0.25) is 4.79 Å². The van der Waals surface area contributed by atoms with Gasteiger partial charge in [-0.15, -0.1) is 0 Å². The van der Waals surface area contributed by atoms with Crippen LogP contribution in [0.2, 0.25) is 0 Å². The lowest BCUT2D eigenvalue weighted by atomic mass is 10.1. The fourth-order valence-electron chi connectivity index (χ4n) is 2.06. The molecule has 0 atom stereocenters. The molecule has 0 bridgehead atoms. The molecule has 1 aromatic carbocycles. The molecule has 0 radical (unpaired) electrons. The molecule has 0 saturated carbocycles. The highest BCUT2D eigenvalue weighted by atomic mass is 16.5. The second kappa shape index (κ2) is 10.4. The summed E-state index contributed by atoms with van der Waals surface area (Å²) in [4.78, 5) is 14.0. The highest BCUT2D eigenvalue weighted by molar-refractivity contribution is 5.76. The van der Waals surface area contributed by atoms with Crippen LogP contribution in [0.5, 0.6) is 0 Å². The minimum atomic E-state index is 0.125. The highest BCUT2D eigenvalue weighted by Gasteiger charge is 2.12. The second-order valence-corrected chi connectivity index (χ2v) is 5.62. The first-order chi connectivity index (χ1) is 10.1. The van der Waals surface area contributed by atoms with Gasteiger partial charge in [-0.1, -0.05) is 44.2 Å². The van der Waals surface area contributed by atoms with Crippen LogP contribution < -0.4 is 5.73 Å². The van der Waals surface area contributed by atoms with Gasteiger partial charge < -0.3 is 15.4 Å². The van der Waals surface area contributed by atoms with Crippen LogP contribution in [-0.2, 0) is 16.0 Å². The number of ether oxygens (including phenoxy) is 1. The fourth-order valence-corrected chi connectivity index (χ4v) is 2.06. The Kier molecular flexibility index (Phi) is 8.71. The van der Waals surface area contributed by atoms with Crippen LogP contribution in [0.15, 0.2) is 30.3 Å². The van der Waals surface area contributed by atoms with E-state index in [-0.39, 0.29) is 5.91 Å². The summed E-state index contributed by atoms with van der Waals surface area (Å²) in [7, 11) is 0. The molecular formula is C17H28N2O2. The summed E-state index contributed by atoms with van der Waals surface area (Å²) in [5.41, 5.74) is 6.84. The lowest BCUT2D eigenvalue weighted by molar-refractivity contribution is -0.132. The third-order valence-corrected chi connectivity index (χ3v) is 3.18. The number of carbonyl (C=O) groups excluding carboxylic acids is 1. The van der Waals surface area contributed by atoms with Crippen LogP contribution >= 0.6 is 0 Å². The third-order valence-electron chi connectivity index (χ3n) is 3.18. The van der Waals surface area contributed by atoms with Crippen LogP contribution in [0, 0.1) is 5.92 Å². The van der Waals surface area contributed by atoms with Gasteiger partial charge in [0, 0.05) is 26.2 Å². The molecular weight excluding hydrogens is 264 g/mol. The zero-order valence-electron chi connectivity index (χ0n) is 13.3. The van der Waals surface area contributed by atoms with Crippen molar-refractivity contribution in [2.75, 3.05) is 32.8 Å². The van der Waals surface area contributed by atoms with Crippen molar-refractivity contribution < 1.29 is 9.53 Å². The summed E-state index contributed by atoms with van der Waals surface area (Å²) in [6.45, 7) is 7.20. The number of hydrogen-bond donors (Lipinski definition) is 1. The first-order valence-corrected chi connectivity index (χ1v) is 7.73. The molecule has 1 rings (SSSR count). The Hall–Kier alpha value is -1.39. The fraction of sp³-hybridized carbons (Fsp3) is 0.588. The molecule has 0 heterocycles. The third kappa shape index (κ3) is 7.83. The van der Waals surface area contributed by atoms with E-state index < -0.39 is 0 Å². The molecule has 0 aromatic heterocycles. The predicted octanol–water partition coefficient (Wildman–Crippen LogP) is 2.08. The van der Waals surface area contributed by atoms with Gasteiger partial charge in [0.2, 0.25) is 5.91 Å². The van der Waals surface area contributed by atoms with Crippen LogP contribution in [0.1, 0.15) is 25.8 Å². The second-order valence-electron chi connectivity index (χ2n) is 5.62. The number of amides is 1. The van der Waals surface area contributed by atoms with Gasteiger partial charge in [0.05, 0.1) is 13.0 Å². The quantitative estimate of drug-likeness (QED) is 0.672. The number of nitrogens with zero attached hydrogens (tertiary/aromatic N) is 1. The Balaban J connectivity index is 2.35. The van der Waals surface area contributed by atoms with Gasteiger partial charge in [0.1, 0.15) is 0 Å². The molecule has 1 amide bonds. The molecule has 0 spiro atoms. The standard InChI is InChI=1S/C17H28N2O2/c1-15(2)14-21-13-9-17(20)19(12-10-18)11-8-16-6-4-3-5-7-16/h3-7,15H,8-14,18H2,1-2H3. The molecule has 0 unspecified atom stereocenters. The lowest BCUT2D eigenvalue weighted by Gasteiger charge is -2.22. The molecule has 118 valence electrons. The van der Waals surface area contributed by atoms with Crippen molar-refractivity contribution in [3.05, 3.63) is 35.9 Å². The van der Waals surface area contributed by atoms with Crippen LogP contribution in [0.3, 0.4) is 0 Å². The van der Waals surface area contributed by atoms with Crippen molar-refractivity contribution in [1.82, 2.24) is 4.90 Å². The molecule has 4 heteroatoms. The van der Waals surface area contributed by atoms with Crippen LogP contribution in [0.4, 0.5) is 0 Å². The maximum atomic E-state index is 12.2. The van der Waals surface area contributed by atoms with E-state index in [4.69, 9.17) is 10.5 Å². The van der Waals surface area contributed by atoms with Crippen molar-refractivity contribution >= 4 is 5.91 Å². The average molecular weight is 292 g/mol. The average Bonchev–Trinajstić information content (AvgIpc) is 2.48. The number of nitrogens with two attached hydrogens (primary N) is 1. The largest absolute Gasteiger partial charge is 0.381 e. The Labute approximate surface area is 128 Å². The van der Waals surface area contributed by atoms with Crippen molar-refractivity contribution in [2.24, 2.45) is 11.7 Å². The van der Waals surface area contributed by atoms with E-state index in [0.29, 0.717) is 45.2 Å². The molecule has 4 nitrogen and oxygen atoms in total. The van der Waals surface area contributed by atoms with Crippen molar-refractivity contribution in [3.8, 4) is 0 Å². The van der Waals surface area contributed by atoms with Gasteiger partial charge in [-0.2, -0.15) is 0 Å². The first kappa shape index (κ1) is 17.7. The summed E-state index contributed by atoms with van der Waals surface area (Å²) in [6.07, 6.45) is 1.29. The smallest absolute Gasteiger partial charge is 0.224 e. The molecule has 0 saturated heterocycles. The zero-order chi connectivity index (χ0) is 15.5. The van der Waals surface area contributed by atoms with Crippen LogP contribution in [-0.4, -0.2) is 43.7 Å². The van der Waals surface area contributed by atoms with Gasteiger partial charge in [-0.25, -0.2) is 0 Å². The Bertz CT molecular complexity index is 393. The molecule has 0 aliphatic rings. The summed E-state index contributed by atoms with van der Waals surface area (Å²) in [6, 6.07) is 10.2. The maximum Gasteiger partial charge on any atom is 0.224 e. The monoisotopic (exact) mass is 292 g/mol. The minimum absolute atomic E-state index is 0.125. The normalized spacial score (nSPS) is 10.9. The maximum absolute atomic E-state index is 12.2. The number of benzene rings is 1. The molecule has 0 aliphatic heterocycles. The van der Waals surface area contributed by atoms with E-state index in [1.807, 2.05) is 23.1 Å². The summed E-state index contributed by atoms with van der Waals surface area (Å²) in [5.74, 6) is 0.624. The van der Waals surface area contributed by atoms with Gasteiger partial charge in [0.25, 0.3) is 0 Å². The number of carbonyl (C=O) groups is 1. The Morgan fingerprint density at radius 1 is 1.24 bits per heavy atom. The summed E-state index contributed by atoms with van der Waals surface area (Å²) < 4.78 is 5.48. The first-order valence-electron chi connectivity index (χ1n) is 7.73. The van der Waals surface area contributed by atoms with E-state index in [9.17, 15) is 4.79 Å². The summed E-state index contributed by atoms with van der Waals surface area (Å²) in [5, 5.41) is 0. The minimum Gasteiger partial charge on any atom is -0.381 e. The van der Waals surface area contributed by atoms with E-state index >= 15 is 0 Å². The Morgan fingerprint density at radius 3 is 2.57 bits per heavy atom. The van der Waals surface area contributed by atoms with Crippen molar-refractivity contribution in [2.45, 2.75) is 26.7 Å². The number of rotatable bonds is 10. The Morgan fingerprint density at radius 2 is 1.95 bits per heavy atom. The molecule has 21 heavy (non-hydrogen) atoms. The molecule has 0 aliphatic carbocycles. The lowest BCUT2D eigenvalue weighted by Crippen LogP contribution is -2.37. The summed E-state index contributed by atoms with van der Waals surface area (Å²) >= 11 is 0. The van der Waals surface area contributed by atoms with E-state index in [1.54, 1.807) is 0 Å². The highest BCUT2D eigenvalue weighted by Crippen LogP contribution is 2.03. The number of hydrogen-bond acceptors (Lipinski definition) is 3. The van der Waals surface area contributed by atoms with Gasteiger partial charge >= 0.3 is 0 Å². The van der Waals surface area contributed by atoms with Gasteiger partial charge in [-0.05, 0) is 17.9 Å². The molecule has 1 aromatic rings. The van der Waals surface area contributed by atoms with Gasteiger partial charge in [0.15, 0.2) is 0 Å². The SMILES string of the molecule is CC(C)COCCC(=O)N(CCN)CCc1ccccc1. The zero-order valence-corrected chi connectivity index (χ0v) is 13.3. The van der Waals surface area contributed by atoms with Crippen LogP contribution in [0.25, 0.3) is 0 Å².